The Bertz CT molecular complexity index is 1680. The summed E-state index contributed by atoms with van der Waals surface area (Å²) < 4.78 is 27.8. The maximum atomic E-state index is 13.6. The number of hydrogen-bond acceptors (Lipinski definition) is 4. The third-order valence-electron chi connectivity index (χ3n) is 8.09. The van der Waals surface area contributed by atoms with E-state index in [0.717, 1.165) is 41.4 Å². The molecule has 3 aromatic carbocycles. The van der Waals surface area contributed by atoms with E-state index in [1.807, 2.05) is 66.2 Å². The third kappa shape index (κ3) is 8.60. The number of hydrogen-bond donors (Lipinski definition) is 1. The highest BCUT2D eigenvalue weighted by molar-refractivity contribution is 7.91. The summed E-state index contributed by atoms with van der Waals surface area (Å²) in [6.07, 6.45) is 10.9. The lowest BCUT2D eigenvalue weighted by Gasteiger charge is -2.11. The van der Waals surface area contributed by atoms with Crippen molar-refractivity contribution in [1.29, 1.82) is 0 Å². The predicted octanol–water partition coefficient (Wildman–Crippen LogP) is 9.40. The Morgan fingerprint density at radius 2 is 1.41 bits per heavy atom. The molecule has 6 nitrogen and oxygen atoms in total. The largest absolute Gasteiger partial charge is 0.343 e. The van der Waals surface area contributed by atoms with Gasteiger partial charge in [0.2, 0.25) is 5.91 Å². The number of sulfone groups is 1. The Kier molecular flexibility index (Phi) is 12.2. The van der Waals surface area contributed by atoms with Crippen LogP contribution in [-0.4, -0.2) is 30.4 Å². The van der Waals surface area contributed by atoms with Gasteiger partial charge in [0, 0.05) is 18.0 Å². The molecule has 0 aliphatic heterocycles. The molecule has 0 fully saturated rings. The van der Waals surface area contributed by atoms with Gasteiger partial charge in [-0.2, -0.15) is 0 Å². The lowest BCUT2D eigenvalue weighted by atomic mass is 9.99. The summed E-state index contributed by atoms with van der Waals surface area (Å²) in [6, 6.07) is 21.6. The van der Waals surface area contributed by atoms with E-state index in [9.17, 15) is 18.0 Å². The topological polar surface area (TPSA) is 85.2 Å². The minimum absolute atomic E-state index is 0.0643. The number of carbonyl (C=O) groups excluding carboxylic acids is 2. The maximum absolute atomic E-state index is 13.6. The average molecular weight is 635 g/mol. The molecule has 0 spiro atoms. The zero-order valence-corrected chi connectivity index (χ0v) is 27.4. The molecule has 0 atom stereocenters. The second-order valence-electron chi connectivity index (χ2n) is 11.5. The molecule has 0 saturated heterocycles. The van der Waals surface area contributed by atoms with Crippen molar-refractivity contribution in [2.75, 3.05) is 11.1 Å². The number of amides is 1. The molecule has 0 radical (unpaired) electrons. The SMILES string of the molecule is CCCCCCCCCCCCS(=O)(=O)c1ccc(NC(=O)CC(=O)c2c(-c3ccccc3)n(C)c3ccccc23)c(Cl)c1. The summed E-state index contributed by atoms with van der Waals surface area (Å²) >= 11 is 6.42. The van der Waals surface area contributed by atoms with Crippen molar-refractivity contribution in [3.05, 3.63) is 83.4 Å². The van der Waals surface area contributed by atoms with E-state index in [-0.39, 0.29) is 33.6 Å². The van der Waals surface area contributed by atoms with Gasteiger partial charge in [-0.25, -0.2) is 8.42 Å². The average Bonchev–Trinajstić information content (AvgIpc) is 3.31. The van der Waals surface area contributed by atoms with Gasteiger partial charge in [0.15, 0.2) is 15.6 Å². The molecule has 8 heteroatoms. The number of ketones is 1. The van der Waals surface area contributed by atoms with Gasteiger partial charge >= 0.3 is 0 Å². The Morgan fingerprint density at radius 1 is 0.795 bits per heavy atom. The number of rotatable bonds is 17. The van der Waals surface area contributed by atoms with Crippen LogP contribution in [0, 0.1) is 0 Å². The molecule has 1 aromatic heterocycles. The predicted molar refractivity (Wildman–Crippen MR) is 181 cm³/mol. The summed E-state index contributed by atoms with van der Waals surface area (Å²) in [5.74, 6) is -0.774. The number of fused-ring (bicyclic) bond motifs is 1. The number of unbranched alkanes of at least 4 members (excludes halogenated alkanes) is 9. The lowest BCUT2D eigenvalue weighted by Crippen LogP contribution is -2.17. The molecule has 0 aliphatic carbocycles. The van der Waals surface area contributed by atoms with E-state index in [0.29, 0.717) is 12.0 Å². The smallest absolute Gasteiger partial charge is 0.232 e. The van der Waals surface area contributed by atoms with E-state index < -0.39 is 15.7 Å². The monoisotopic (exact) mass is 634 g/mol. The first-order chi connectivity index (χ1) is 21.2. The first kappa shape index (κ1) is 33.5. The summed E-state index contributed by atoms with van der Waals surface area (Å²) in [5.41, 5.74) is 3.28. The number of aromatic nitrogens is 1. The van der Waals surface area contributed by atoms with E-state index in [1.165, 1.54) is 56.7 Å². The quantitative estimate of drug-likeness (QED) is 0.0712. The van der Waals surface area contributed by atoms with Crippen LogP contribution in [-0.2, 0) is 21.7 Å². The van der Waals surface area contributed by atoms with Gasteiger partial charge in [0.25, 0.3) is 0 Å². The molecule has 1 amide bonds. The first-order valence-electron chi connectivity index (χ1n) is 15.7. The number of halogens is 1. The summed E-state index contributed by atoms with van der Waals surface area (Å²) in [5, 5.41) is 3.59. The minimum atomic E-state index is -3.49. The Morgan fingerprint density at radius 3 is 2.07 bits per heavy atom. The van der Waals surface area contributed by atoms with Crippen LogP contribution in [0.25, 0.3) is 22.2 Å². The fourth-order valence-corrected chi connectivity index (χ4v) is 7.41. The number of para-hydroxylation sites is 1. The van der Waals surface area contributed by atoms with Crippen molar-refractivity contribution < 1.29 is 18.0 Å². The summed E-state index contributed by atoms with van der Waals surface area (Å²) in [7, 11) is -1.58. The number of anilines is 1. The Hall–Kier alpha value is -3.42. The standard InChI is InChI=1S/C36H43ClN2O4S/c1-3-4-5-6-7-8-9-10-11-17-24-44(42,43)28-22-23-31(30(37)25-28)38-34(41)26-33(40)35-29-20-15-16-21-32(29)39(2)36(35)27-18-13-12-14-19-27/h12-16,18-23,25H,3-11,17,24,26H2,1-2H3,(H,38,41). The number of carbonyl (C=O) groups is 2. The lowest BCUT2D eigenvalue weighted by molar-refractivity contribution is -0.115. The molecule has 0 saturated carbocycles. The van der Waals surface area contributed by atoms with Crippen LogP contribution in [0.2, 0.25) is 5.02 Å². The Balaban J connectivity index is 1.35. The number of nitrogens with zero attached hydrogens (tertiary/aromatic N) is 1. The van der Waals surface area contributed by atoms with Crippen LogP contribution < -0.4 is 5.32 Å². The minimum Gasteiger partial charge on any atom is -0.343 e. The molecule has 4 rings (SSSR count). The zero-order valence-electron chi connectivity index (χ0n) is 25.8. The van der Waals surface area contributed by atoms with Gasteiger partial charge in [-0.05, 0) is 36.2 Å². The first-order valence-corrected chi connectivity index (χ1v) is 17.7. The van der Waals surface area contributed by atoms with Gasteiger partial charge in [-0.15, -0.1) is 0 Å². The molecular weight excluding hydrogens is 592 g/mol. The van der Waals surface area contributed by atoms with Crippen LogP contribution in [0.5, 0.6) is 0 Å². The van der Waals surface area contributed by atoms with Crippen molar-refractivity contribution in [3.63, 3.8) is 0 Å². The highest BCUT2D eigenvalue weighted by atomic mass is 35.5. The highest BCUT2D eigenvalue weighted by Gasteiger charge is 2.24. The molecule has 0 bridgehead atoms. The number of benzene rings is 3. The fourth-order valence-electron chi connectivity index (χ4n) is 5.73. The van der Waals surface area contributed by atoms with E-state index in [4.69, 9.17) is 11.6 Å². The van der Waals surface area contributed by atoms with Crippen molar-refractivity contribution in [2.24, 2.45) is 7.05 Å². The van der Waals surface area contributed by atoms with Crippen LogP contribution in [0.4, 0.5) is 5.69 Å². The maximum Gasteiger partial charge on any atom is 0.232 e. The molecule has 1 N–H and O–H groups in total. The van der Waals surface area contributed by atoms with E-state index >= 15 is 0 Å². The van der Waals surface area contributed by atoms with Crippen molar-refractivity contribution >= 4 is 49.7 Å². The van der Waals surface area contributed by atoms with Gasteiger partial charge in [0.05, 0.1) is 39.0 Å². The van der Waals surface area contributed by atoms with Gasteiger partial charge in [-0.1, -0.05) is 125 Å². The summed E-state index contributed by atoms with van der Waals surface area (Å²) in [4.78, 5) is 26.7. The van der Waals surface area contributed by atoms with Crippen molar-refractivity contribution in [2.45, 2.75) is 82.4 Å². The second-order valence-corrected chi connectivity index (χ2v) is 14.0. The number of Topliss-reactive ketones (excluding diaryl/α,β-unsaturated/α-hetero) is 1. The van der Waals surface area contributed by atoms with Gasteiger partial charge < -0.3 is 9.88 Å². The van der Waals surface area contributed by atoms with E-state index in [1.54, 1.807) is 0 Å². The van der Waals surface area contributed by atoms with Gasteiger partial charge in [0.1, 0.15) is 0 Å². The van der Waals surface area contributed by atoms with Crippen LogP contribution in [0.3, 0.4) is 0 Å². The third-order valence-corrected chi connectivity index (χ3v) is 10.2. The molecule has 1 heterocycles. The molecule has 234 valence electrons. The zero-order chi connectivity index (χ0) is 31.5. The molecule has 4 aromatic rings. The number of aryl methyl sites for hydroxylation is 1. The van der Waals surface area contributed by atoms with Crippen LogP contribution in [0.15, 0.2) is 77.7 Å². The molecule has 0 unspecified atom stereocenters. The Labute approximate surface area is 266 Å². The van der Waals surface area contributed by atoms with Gasteiger partial charge in [-0.3, -0.25) is 9.59 Å². The molecule has 0 aliphatic rings. The normalized spacial score (nSPS) is 11.6. The van der Waals surface area contributed by atoms with Crippen molar-refractivity contribution in [3.8, 4) is 11.3 Å². The van der Waals surface area contributed by atoms with Crippen LogP contribution >= 0.6 is 11.6 Å². The fraction of sp³-hybridized carbons (Fsp3) is 0.389. The number of nitrogens with one attached hydrogen (secondary N) is 1. The summed E-state index contributed by atoms with van der Waals surface area (Å²) in [6.45, 7) is 2.22. The van der Waals surface area contributed by atoms with Crippen molar-refractivity contribution in [1.82, 2.24) is 4.57 Å². The highest BCUT2D eigenvalue weighted by Crippen LogP contribution is 2.34. The second kappa shape index (κ2) is 16.1. The van der Waals surface area contributed by atoms with E-state index in [2.05, 4.69) is 12.2 Å². The molecular formula is C36H43ClN2O4S. The van der Waals surface area contributed by atoms with Crippen LogP contribution in [0.1, 0.15) is 87.9 Å². The molecule has 44 heavy (non-hydrogen) atoms.